The first-order valence-corrected chi connectivity index (χ1v) is 7.42. The van der Waals surface area contributed by atoms with Crippen LogP contribution in [0.3, 0.4) is 0 Å². The minimum absolute atomic E-state index is 1.10. The molecule has 0 saturated heterocycles. The van der Waals surface area contributed by atoms with Crippen molar-refractivity contribution in [2.45, 2.75) is 77.6 Å². The maximum Gasteiger partial charge on any atom is -0.0357 e. The maximum absolute atomic E-state index is 2.37. The molecule has 0 heteroatoms. The molecule has 0 radical (unpaired) electrons. The van der Waals surface area contributed by atoms with Crippen molar-refractivity contribution in [1.29, 1.82) is 0 Å². The Morgan fingerprint density at radius 2 is 1.47 bits per heavy atom. The van der Waals surface area contributed by atoms with E-state index in [1.54, 1.807) is 25.7 Å². The smallest absolute Gasteiger partial charge is 0.0357 e. The lowest BCUT2D eigenvalue weighted by Crippen LogP contribution is -2.28. The third kappa shape index (κ3) is 2.98. The lowest BCUT2D eigenvalue weighted by molar-refractivity contribution is 0.121. The first-order valence-electron chi connectivity index (χ1n) is 7.42. The number of hydrogen-bond donors (Lipinski definition) is 0. The average molecular weight is 208 g/mol. The topological polar surface area (TPSA) is 0 Å². The predicted molar refractivity (Wildman–Crippen MR) is 66.9 cm³/mol. The van der Waals surface area contributed by atoms with E-state index in [2.05, 4.69) is 6.92 Å². The Hall–Kier alpha value is 0. The van der Waals surface area contributed by atoms with Gasteiger partial charge in [0.2, 0.25) is 0 Å². The van der Waals surface area contributed by atoms with Gasteiger partial charge < -0.3 is 0 Å². The molecule has 0 aromatic heterocycles. The van der Waals surface area contributed by atoms with Gasteiger partial charge in [-0.25, -0.2) is 0 Å². The number of hydrogen-bond acceptors (Lipinski definition) is 0. The molecule has 0 bridgehead atoms. The van der Waals surface area contributed by atoms with Gasteiger partial charge in [-0.15, -0.1) is 0 Å². The summed E-state index contributed by atoms with van der Waals surface area (Å²) in [7, 11) is 0. The first kappa shape index (κ1) is 11.5. The lowest BCUT2D eigenvalue weighted by Gasteiger charge is -2.39. The minimum atomic E-state index is 1.10. The molecule has 0 N–H and O–H groups in total. The molecule has 0 aliphatic heterocycles. The van der Waals surface area contributed by atoms with Gasteiger partial charge in [-0.3, -0.25) is 0 Å². The maximum atomic E-state index is 2.37. The fourth-order valence-corrected chi connectivity index (χ4v) is 4.15. The predicted octanol–water partition coefficient (Wildman–Crippen LogP) is 5.17. The van der Waals surface area contributed by atoms with Gasteiger partial charge in [-0.05, 0) is 24.2 Å². The summed E-state index contributed by atoms with van der Waals surface area (Å²) in [6.07, 6.45) is 16.8. The van der Waals surface area contributed by atoms with Gasteiger partial charge in [0.25, 0.3) is 0 Å². The van der Waals surface area contributed by atoms with Crippen LogP contribution < -0.4 is 0 Å². The molecule has 2 rings (SSSR count). The third-order valence-corrected chi connectivity index (χ3v) is 4.88. The zero-order valence-electron chi connectivity index (χ0n) is 10.5. The molecule has 2 unspecified atom stereocenters. The second kappa shape index (κ2) is 5.92. The van der Waals surface area contributed by atoms with Crippen LogP contribution in [0.5, 0.6) is 0 Å². The van der Waals surface area contributed by atoms with E-state index in [-0.39, 0.29) is 0 Å². The van der Waals surface area contributed by atoms with Gasteiger partial charge in [-0.1, -0.05) is 71.1 Å². The van der Waals surface area contributed by atoms with E-state index in [0.29, 0.717) is 0 Å². The van der Waals surface area contributed by atoms with Crippen molar-refractivity contribution in [3.05, 3.63) is 0 Å². The molecule has 0 heterocycles. The van der Waals surface area contributed by atoms with E-state index < -0.39 is 0 Å². The molecule has 0 amide bonds. The standard InChI is InChI=1S/C15H28/c1-2-8-13-11-6-7-12-15(13)14-9-4-3-5-10-14/h13-15H,2-12H2,1H3. The fraction of sp³-hybridized carbons (Fsp3) is 1.00. The van der Waals surface area contributed by atoms with E-state index in [0.717, 1.165) is 17.8 Å². The third-order valence-electron chi connectivity index (χ3n) is 4.88. The molecule has 2 aliphatic carbocycles. The van der Waals surface area contributed by atoms with Gasteiger partial charge in [0, 0.05) is 0 Å². The molecule has 2 atom stereocenters. The summed E-state index contributed by atoms with van der Waals surface area (Å²) < 4.78 is 0. The molecule has 15 heavy (non-hydrogen) atoms. The van der Waals surface area contributed by atoms with Crippen molar-refractivity contribution in [2.75, 3.05) is 0 Å². The van der Waals surface area contributed by atoms with Gasteiger partial charge in [-0.2, -0.15) is 0 Å². The van der Waals surface area contributed by atoms with E-state index in [1.807, 2.05) is 0 Å². The van der Waals surface area contributed by atoms with Crippen LogP contribution in [-0.2, 0) is 0 Å². The first-order chi connectivity index (χ1) is 7.42. The molecular formula is C15H28. The molecule has 2 aliphatic rings. The molecule has 88 valence electrons. The Bertz CT molecular complexity index is 154. The van der Waals surface area contributed by atoms with E-state index in [1.165, 1.54) is 44.9 Å². The highest BCUT2D eigenvalue weighted by Crippen LogP contribution is 2.43. The summed E-state index contributed by atoms with van der Waals surface area (Å²) >= 11 is 0. The van der Waals surface area contributed by atoms with E-state index >= 15 is 0 Å². The molecule has 0 aromatic carbocycles. The molecule has 0 aromatic rings. The highest BCUT2D eigenvalue weighted by molar-refractivity contribution is 4.82. The van der Waals surface area contributed by atoms with Crippen LogP contribution in [-0.4, -0.2) is 0 Å². The summed E-state index contributed by atoms with van der Waals surface area (Å²) in [6.45, 7) is 2.37. The quantitative estimate of drug-likeness (QED) is 0.600. The molecule has 0 nitrogen and oxygen atoms in total. The van der Waals surface area contributed by atoms with Gasteiger partial charge in [0.1, 0.15) is 0 Å². The molecule has 0 spiro atoms. The van der Waals surface area contributed by atoms with Crippen molar-refractivity contribution >= 4 is 0 Å². The van der Waals surface area contributed by atoms with Crippen molar-refractivity contribution < 1.29 is 0 Å². The van der Waals surface area contributed by atoms with Crippen molar-refractivity contribution in [3.63, 3.8) is 0 Å². The van der Waals surface area contributed by atoms with Gasteiger partial charge >= 0.3 is 0 Å². The van der Waals surface area contributed by atoms with Crippen LogP contribution >= 0.6 is 0 Å². The van der Waals surface area contributed by atoms with Crippen LogP contribution in [0.1, 0.15) is 77.6 Å². The second-order valence-electron chi connectivity index (χ2n) is 5.90. The second-order valence-corrected chi connectivity index (χ2v) is 5.90. The summed E-state index contributed by atoms with van der Waals surface area (Å²) in [5.41, 5.74) is 0. The van der Waals surface area contributed by atoms with Gasteiger partial charge in [0.05, 0.1) is 0 Å². The zero-order chi connectivity index (χ0) is 10.5. The molecular weight excluding hydrogens is 180 g/mol. The summed E-state index contributed by atoms with van der Waals surface area (Å²) in [5, 5.41) is 0. The largest absolute Gasteiger partial charge is 0.0654 e. The summed E-state index contributed by atoms with van der Waals surface area (Å²) in [5.74, 6) is 3.35. The monoisotopic (exact) mass is 208 g/mol. The minimum Gasteiger partial charge on any atom is -0.0654 e. The fourth-order valence-electron chi connectivity index (χ4n) is 4.15. The summed E-state index contributed by atoms with van der Waals surface area (Å²) in [6, 6.07) is 0. The Morgan fingerprint density at radius 3 is 2.20 bits per heavy atom. The van der Waals surface area contributed by atoms with E-state index in [9.17, 15) is 0 Å². The normalized spacial score (nSPS) is 34.2. The van der Waals surface area contributed by atoms with Crippen molar-refractivity contribution in [2.24, 2.45) is 17.8 Å². The number of rotatable bonds is 3. The highest BCUT2D eigenvalue weighted by atomic mass is 14.4. The van der Waals surface area contributed by atoms with Crippen molar-refractivity contribution in [3.8, 4) is 0 Å². The molecule has 2 saturated carbocycles. The van der Waals surface area contributed by atoms with E-state index in [4.69, 9.17) is 0 Å². The van der Waals surface area contributed by atoms with Crippen LogP contribution in [0, 0.1) is 17.8 Å². The van der Waals surface area contributed by atoms with Crippen LogP contribution in [0.25, 0.3) is 0 Å². The van der Waals surface area contributed by atoms with Crippen LogP contribution in [0.15, 0.2) is 0 Å². The summed E-state index contributed by atoms with van der Waals surface area (Å²) in [4.78, 5) is 0. The zero-order valence-corrected chi connectivity index (χ0v) is 10.5. The molecule has 2 fully saturated rings. The van der Waals surface area contributed by atoms with Crippen LogP contribution in [0.4, 0.5) is 0 Å². The Balaban J connectivity index is 1.90. The SMILES string of the molecule is CCCC1CCCCC1C1CCCCC1. The average Bonchev–Trinajstić information content (AvgIpc) is 2.31. The van der Waals surface area contributed by atoms with Crippen molar-refractivity contribution in [1.82, 2.24) is 0 Å². The Kier molecular flexibility index (Phi) is 4.53. The lowest BCUT2D eigenvalue weighted by atomic mass is 9.67. The van der Waals surface area contributed by atoms with Crippen LogP contribution in [0.2, 0.25) is 0 Å². The highest BCUT2D eigenvalue weighted by Gasteiger charge is 2.31. The Labute approximate surface area is 95.8 Å². The Morgan fingerprint density at radius 1 is 0.800 bits per heavy atom. The van der Waals surface area contributed by atoms with Gasteiger partial charge in [0.15, 0.2) is 0 Å².